The highest BCUT2D eigenvalue weighted by molar-refractivity contribution is 7.80. The number of thiocarbonyl (C=S) groups is 1. The Kier molecular flexibility index (Phi) is 4.22. The normalized spacial score (nSPS) is 22.2. The highest BCUT2D eigenvalue weighted by Gasteiger charge is 2.44. The Balaban J connectivity index is 2.14. The third-order valence-electron chi connectivity index (χ3n) is 3.45. The quantitative estimate of drug-likeness (QED) is 0.661. The van der Waals surface area contributed by atoms with Crippen molar-refractivity contribution in [3.63, 3.8) is 0 Å². The van der Waals surface area contributed by atoms with Gasteiger partial charge in [0, 0.05) is 19.5 Å². The number of amides is 3. The minimum Gasteiger partial charge on any atom is -0.359 e. The van der Waals surface area contributed by atoms with Crippen molar-refractivity contribution in [2.45, 2.75) is 32.2 Å². The molecule has 1 atom stereocenters. The average Bonchev–Trinajstić information content (AvgIpc) is 3.23. The average molecular weight is 298 g/mol. The molecule has 2 rings (SSSR count). The maximum absolute atomic E-state index is 12.2. The lowest BCUT2D eigenvalue weighted by Gasteiger charge is -2.24. The molecule has 1 unspecified atom stereocenters. The number of likely N-dealkylation sites (N-methyl/N-ethyl adjacent to an activating group) is 1. The molecule has 0 bridgehead atoms. The van der Waals surface area contributed by atoms with Crippen LogP contribution in [0.5, 0.6) is 0 Å². The molecule has 2 aliphatic rings. The molecule has 110 valence electrons. The lowest BCUT2D eigenvalue weighted by molar-refractivity contribution is -0.134. The molecule has 1 saturated carbocycles. The molecule has 1 saturated heterocycles. The standard InChI is InChI=1S/C12H18N4O3S/c1-3-15-11(19)8(6-9(17)13-2)16(12(15)20)14-10(18)7-4-5-7/h7-8H,3-6H2,1-2H3,(H,13,17)(H,14,18). The van der Waals surface area contributed by atoms with E-state index in [0.717, 1.165) is 12.8 Å². The Morgan fingerprint density at radius 2 is 2.05 bits per heavy atom. The molecule has 3 amide bonds. The molecule has 0 spiro atoms. The molecule has 2 fully saturated rings. The van der Waals surface area contributed by atoms with Crippen LogP contribution in [0.1, 0.15) is 26.2 Å². The van der Waals surface area contributed by atoms with E-state index in [2.05, 4.69) is 10.7 Å². The van der Waals surface area contributed by atoms with Gasteiger partial charge in [0.15, 0.2) is 5.11 Å². The van der Waals surface area contributed by atoms with Gasteiger partial charge < -0.3 is 5.32 Å². The van der Waals surface area contributed by atoms with Gasteiger partial charge in [-0.05, 0) is 32.0 Å². The number of nitrogens with zero attached hydrogens (tertiary/aromatic N) is 2. The molecule has 1 aliphatic heterocycles. The summed E-state index contributed by atoms with van der Waals surface area (Å²) in [7, 11) is 1.50. The van der Waals surface area contributed by atoms with Gasteiger partial charge in [0.2, 0.25) is 11.8 Å². The monoisotopic (exact) mass is 298 g/mol. The topological polar surface area (TPSA) is 81.8 Å². The van der Waals surface area contributed by atoms with Gasteiger partial charge in [-0.1, -0.05) is 0 Å². The predicted molar refractivity (Wildman–Crippen MR) is 75.2 cm³/mol. The summed E-state index contributed by atoms with van der Waals surface area (Å²) in [5, 5.41) is 4.09. The zero-order chi connectivity index (χ0) is 14.9. The van der Waals surface area contributed by atoms with Gasteiger partial charge in [0.1, 0.15) is 6.04 Å². The van der Waals surface area contributed by atoms with Crippen molar-refractivity contribution in [2.75, 3.05) is 13.6 Å². The first kappa shape index (κ1) is 14.7. The van der Waals surface area contributed by atoms with Crippen molar-refractivity contribution in [1.82, 2.24) is 20.7 Å². The zero-order valence-corrected chi connectivity index (χ0v) is 12.3. The Morgan fingerprint density at radius 3 is 2.55 bits per heavy atom. The van der Waals surface area contributed by atoms with Gasteiger partial charge in [-0.3, -0.25) is 24.7 Å². The summed E-state index contributed by atoms with van der Waals surface area (Å²) >= 11 is 5.21. The van der Waals surface area contributed by atoms with E-state index in [9.17, 15) is 14.4 Å². The molecule has 1 aliphatic carbocycles. The third kappa shape index (κ3) is 2.74. The Bertz CT molecular complexity index is 464. The Labute approximate surface area is 122 Å². The van der Waals surface area contributed by atoms with Gasteiger partial charge in [0.25, 0.3) is 5.91 Å². The van der Waals surface area contributed by atoms with E-state index in [1.807, 2.05) is 0 Å². The fraction of sp³-hybridized carbons (Fsp3) is 0.667. The molecule has 20 heavy (non-hydrogen) atoms. The molecule has 1 heterocycles. The maximum Gasteiger partial charge on any atom is 0.254 e. The molecule has 0 aromatic heterocycles. The molecular formula is C12H18N4O3S. The van der Waals surface area contributed by atoms with E-state index in [-0.39, 0.29) is 35.2 Å². The Hall–Kier alpha value is -1.70. The Morgan fingerprint density at radius 1 is 1.40 bits per heavy atom. The van der Waals surface area contributed by atoms with E-state index in [4.69, 9.17) is 12.2 Å². The summed E-state index contributed by atoms with van der Waals surface area (Å²) in [5.74, 6) is -0.656. The lowest BCUT2D eigenvalue weighted by atomic mass is 10.2. The fourth-order valence-corrected chi connectivity index (χ4v) is 2.47. The molecule has 7 nitrogen and oxygen atoms in total. The largest absolute Gasteiger partial charge is 0.359 e. The van der Waals surface area contributed by atoms with Gasteiger partial charge in [-0.15, -0.1) is 0 Å². The zero-order valence-electron chi connectivity index (χ0n) is 11.5. The minimum atomic E-state index is -0.759. The van der Waals surface area contributed by atoms with Crippen LogP contribution in [0.25, 0.3) is 0 Å². The van der Waals surface area contributed by atoms with E-state index in [0.29, 0.717) is 6.54 Å². The van der Waals surface area contributed by atoms with Gasteiger partial charge in [-0.25, -0.2) is 5.01 Å². The van der Waals surface area contributed by atoms with Crippen LogP contribution in [0.2, 0.25) is 0 Å². The summed E-state index contributed by atoms with van der Waals surface area (Å²) < 4.78 is 0. The van der Waals surface area contributed by atoms with Crippen molar-refractivity contribution < 1.29 is 14.4 Å². The smallest absolute Gasteiger partial charge is 0.254 e. The second kappa shape index (κ2) is 5.74. The van der Waals surface area contributed by atoms with Crippen molar-refractivity contribution in [2.24, 2.45) is 5.92 Å². The second-order valence-corrected chi connectivity index (χ2v) is 5.24. The van der Waals surface area contributed by atoms with Gasteiger partial charge in [-0.2, -0.15) is 0 Å². The van der Waals surface area contributed by atoms with Crippen LogP contribution in [-0.4, -0.2) is 52.4 Å². The summed E-state index contributed by atoms with van der Waals surface area (Å²) in [4.78, 5) is 37.0. The maximum atomic E-state index is 12.2. The van der Waals surface area contributed by atoms with Crippen LogP contribution >= 0.6 is 12.2 Å². The summed E-state index contributed by atoms with van der Waals surface area (Å²) in [6.07, 6.45) is 1.69. The fourth-order valence-electron chi connectivity index (χ4n) is 2.08. The SMILES string of the molecule is CCN1C(=O)C(CC(=O)NC)N(NC(=O)C2CC2)C1=S. The van der Waals surface area contributed by atoms with E-state index < -0.39 is 6.04 Å². The van der Waals surface area contributed by atoms with Crippen LogP contribution in [0.4, 0.5) is 0 Å². The minimum absolute atomic E-state index is 0.00392. The van der Waals surface area contributed by atoms with Crippen LogP contribution in [0, 0.1) is 5.92 Å². The number of nitrogens with one attached hydrogen (secondary N) is 2. The molecule has 8 heteroatoms. The summed E-state index contributed by atoms with van der Waals surface area (Å²) in [5.41, 5.74) is 2.68. The van der Waals surface area contributed by atoms with Crippen molar-refractivity contribution in [3.8, 4) is 0 Å². The molecule has 0 aromatic carbocycles. The number of hydrogen-bond acceptors (Lipinski definition) is 4. The van der Waals surface area contributed by atoms with Crippen LogP contribution < -0.4 is 10.7 Å². The molecule has 0 radical (unpaired) electrons. The number of rotatable bonds is 5. The summed E-state index contributed by atoms with van der Waals surface area (Å²) in [6.45, 7) is 2.21. The molecule has 2 N–H and O–H groups in total. The lowest BCUT2D eigenvalue weighted by Crippen LogP contribution is -2.50. The van der Waals surface area contributed by atoms with Crippen molar-refractivity contribution in [1.29, 1.82) is 0 Å². The number of hydrogen-bond donors (Lipinski definition) is 2. The van der Waals surface area contributed by atoms with Gasteiger partial charge >= 0.3 is 0 Å². The highest BCUT2D eigenvalue weighted by Crippen LogP contribution is 2.29. The molecule has 0 aromatic rings. The van der Waals surface area contributed by atoms with Crippen LogP contribution in [0.3, 0.4) is 0 Å². The van der Waals surface area contributed by atoms with Gasteiger partial charge in [0.05, 0.1) is 6.42 Å². The van der Waals surface area contributed by atoms with Crippen LogP contribution in [0.15, 0.2) is 0 Å². The van der Waals surface area contributed by atoms with E-state index in [1.54, 1.807) is 6.92 Å². The van der Waals surface area contributed by atoms with Crippen molar-refractivity contribution >= 4 is 35.1 Å². The highest BCUT2D eigenvalue weighted by atomic mass is 32.1. The predicted octanol–water partition coefficient (Wildman–Crippen LogP) is -0.619. The first-order valence-corrected chi connectivity index (χ1v) is 7.06. The number of carbonyl (C=O) groups excluding carboxylic acids is 3. The first-order chi connectivity index (χ1) is 9.49. The summed E-state index contributed by atoms with van der Waals surface area (Å²) in [6, 6.07) is -0.759. The van der Waals surface area contributed by atoms with E-state index >= 15 is 0 Å². The second-order valence-electron chi connectivity index (χ2n) is 4.88. The van der Waals surface area contributed by atoms with Crippen molar-refractivity contribution in [3.05, 3.63) is 0 Å². The first-order valence-electron chi connectivity index (χ1n) is 6.65. The molecular weight excluding hydrogens is 280 g/mol. The van der Waals surface area contributed by atoms with Crippen LogP contribution in [-0.2, 0) is 14.4 Å². The number of hydrazine groups is 1. The van der Waals surface area contributed by atoms with E-state index in [1.165, 1.54) is 17.0 Å². The number of carbonyl (C=O) groups is 3. The third-order valence-corrected chi connectivity index (χ3v) is 3.87.